The highest BCUT2D eigenvalue weighted by Crippen LogP contribution is 2.28. The van der Waals surface area contributed by atoms with E-state index < -0.39 is 0 Å². The standard InChI is InChI=1S/C12H8ClN3/c1-7-9-6-14-10-5-3-2-4-8(10)11(9)12(13)16-15-7/h2-6H,1H3. The Kier molecular flexibility index (Phi) is 2.01. The van der Waals surface area contributed by atoms with E-state index in [1.54, 1.807) is 6.20 Å². The predicted molar refractivity (Wildman–Crippen MR) is 64.6 cm³/mol. The Morgan fingerprint density at radius 3 is 2.75 bits per heavy atom. The van der Waals surface area contributed by atoms with Crippen LogP contribution in [0.15, 0.2) is 30.5 Å². The molecule has 0 atom stereocenters. The van der Waals surface area contributed by atoms with Crippen molar-refractivity contribution < 1.29 is 0 Å². The first kappa shape index (κ1) is 9.48. The molecule has 0 saturated heterocycles. The van der Waals surface area contributed by atoms with E-state index in [0.29, 0.717) is 5.15 Å². The third-order valence-electron chi connectivity index (χ3n) is 2.66. The summed E-state index contributed by atoms with van der Waals surface area (Å²) in [6.07, 6.45) is 1.80. The van der Waals surface area contributed by atoms with Crippen LogP contribution in [0.1, 0.15) is 5.69 Å². The average molecular weight is 230 g/mol. The monoisotopic (exact) mass is 229 g/mol. The summed E-state index contributed by atoms with van der Waals surface area (Å²) in [6, 6.07) is 7.88. The fraction of sp³-hybridized carbons (Fsp3) is 0.0833. The number of hydrogen-bond acceptors (Lipinski definition) is 3. The van der Waals surface area contributed by atoms with Gasteiger partial charge in [0.15, 0.2) is 5.15 Å². The number of hydrogen-bond donors (Lipinski definition) is 0. The Balaban J connectivity index is 2.64. The number of benzene rings is 1. The zero-order chi connectivity index (χ0) is 11.1. The molecule has 0 fully saturated rings. The Hall–Kier alpha value is -1.74. The van der Waals surface area contributed by atoms with Gasteiger partial charge in [-0.15, -0.1) is 5.10 Å². The summed E-state index contributed by atoms with van der Waals surface area (Å²) in [7, 11) is 0. The number of nitrogens with zero attached hydrogens (tertiary/aromatic N) is 3. The van der Waals surface area contributed by atoms with Crippen LogP contribution in [0, 0.1) is 6.92 Å². The summed E-state index contributed by atoms with van der Waals surface area (Å²) in [4.78, 5) is 4.38. The zero-order valence-corrected chi connectivity index (χ0v) is 9.36. The van der Waals surface area contributed by atoms with E-state index >= 15 is 0 Å². The Morgan fingerprint density at radius 1 is 1.06 bits per heavy atom. The van der Waals surface area contributed by atoms with Crippen LogP contribution >= 0.6 is 11.6 Å². The molecule has 0 spiro atoms. The van der Waals surface area contributed by atoms with Gasteiger partial charge in [-0.25, -0.2) is 0 Å². The third-order valence-corrected chi connectivity index (χ3v) is 2.92. The molecular formula is C12H8ClN3. The van der Waals surface area contributed by atoms with E-state index in [0.717, 1.165) is 27.4 Å². The van der Waals surface area contributed by atoms with Gasteiger partial charge in [-0.05, 0) is 13.0 Å². The van der Waals surface area contributed by atoms with Crippen LogP contribution in [0.5, 0.6) is 0 Å². The molecule has 2 heterocycles. The Morgan fingerprint density at radius 2 is 1.88 bits per heavy atom. The molecule has 0 saturated carbocycles. The quantitative estimate of drug-likeness (QED) is 0.556. The first-order chi connectivity index (χ1) is 7.77. The maximum atomic E-state index is 6.11. The third kappa shape index (κ3) is 1.25. The van der Waals surface area contributed by atoms with Gasteiger partial charge in [-0.3, -0.25) is 4.98 Å². The molecule has 0 radical (unpaired) electrons. The minimum atomic E-state index is 0.430. The van der Waals surface area contributed by atoms with Crippen LogP contribution in [0.3, 0.4) is 0 Å². The molecule has 3 rings (SSSR count). The molecule has 3 aromatic rings. The fourth-order valence-corrected chi connectivity index (χ4v) is 2.10. The van der Waals surface area contributed by atoms with E-state index in [-0.39, 0.29) is 0 Å². The molecule has 0 aliphatic heterocycles. The predicted octanol–water partition coefficient (Wildman–Crippen LogP) is 3.14. The Bertz CT molecular complexity index is 694. The van der Waals surface area contributed by atoms with Crippen molar-refractivity contribution in [2.24, 2.45) is 0 Å². The second kappa shape index (κ2) is 3.39. The van der Waals surface area contributed by atoms with Gasteiger partial charge in [0.05, 0.1) is 11.2 Å². The topological polar surface area (TPSA) is 38.7 Å². The summed E-state index contributed by atoms with van der Waals surface area (Å²) in [5.41, 5.74) is 1.77. The van der Waals surface area contributed by atoms with Crippen LogP contribution < -0.4 is 0 Å². The molecule has 3 nitrogen and oxygen atoms in total. The summed E-state index contributed by atoms with van der Waals surface area (Å²) < 4.78 is 0. The number of halogens is 1. The highest BCUT2D eigenvalue weighted by Gasteiger charge is 2.08. The fourth-order valence-electron chi connectivity index (χ4n) is 1.86. The largest absolute Gasteiger partial charge is 0.256 e. The molecule has 16 heavy (non-hydrogen) atoms. The van der Waals surface area contributed by atoms with Gasteiger partial charge in [0.1, 0.15) is 0 Å². The van der Waals surface area contributed by atoms with Crippen LogP contribution in [0.25, 0.3) is 21.7 Å². The number of para-hydroxylation sites is 1. The molecular weight excluding hydrogens is 222 g/mol. The molecule has 4 heteroatoms. The van der Waals surface area contributed by atoms with Crippen molar-refractivity contribution in [3.63, 3.8) is 0 Å². The van der Waals surface area contributed by atoms with E-state index in [4.69, 9.17) is 11.6 Å². The number of rotatable bonds is 0. The minimum Gasteiger partial charge on any atom is -0.256 e. The second-order valence-electron chi connectivity index (χ2n) is 3.64. The average Bonchev–Trinajstić information content (AvgIpc) is 2.33. The molecule has 2 aromatic heterocycles. The molecule has 0 amide bonds. The molecule has 78 valence electrons. The summed E-state index contributed by atoms with van der Waals surface area (Å²) >= 11 is 6.11. The van der Waals surface area contributed by atoms with Crippen molar-refractivity contribution in [2.75, 3.05) is 0 Å². The van der Waals surface area contributed by atoms with Crippen molar-refractivity contribution in [3.8, 4) is 0 Å². The number of aryl methyl sites for hydroxylation is 1. The van der Waals surface area contributed by atoms with Crippen LogP contribution in [0.2, 0.25) is 5.15 Å². The summed E-state index contributed by atoms with van der Waals surface area (Å²) in [5, 5.41) is 11.3. The van der Waals surface area contributed by atoms with Gasteiger partial charge in [0.25, 0.3) is 0 Å². The number of pyridine rings is 1. The van der Waals surface area contributed by atoms with Crippen LogP contribution in [-0.2, 0) is 0 Å². The minimum absolute atomic E-state index is 0.430. The van der Waals surface area contributed by atoms with Crippen molar-refractivity contribution in [2.45, 2.75) is 6.92 Å². The molecule has 1 aromatic carbocycles. The first-order valence-corrected chi connectivity index (χ1v) is 5.31. The van der Waals surface area contributed by atoms with Crippen molar-refractivity contribution >= 4 is 33.3 Å². The number of aromatic nitrogens is 3. The zero-order valence-electron chi connectivity index (χ0n) is 8.61. The van der Waals surface area contributed by atoms with Gasteiger partial charge in [0, 0.05) is 22.4 Å². The molecule has 0 aliphatic rings. The van der Waals surface area contributed by atoms with Crippen molar-refractivity contribution in [1.29, 1.82) is 0 Å². The highest BCUT2D eigenvalue weighted by molar-refractivity contribution is 6.36. The van der Waals surface area contributed by atoms with Gasteiger partial charge in [0.2, 0.25) is 0 Å². The van der Waals surface area contributed by atoms with Gasteiger partial charge < -0.3 is 0 Å². The van der Waals surface area contributed by atoms with Crippen LogP contribution in [0.4, 0.5) is 0 Å². The van der Waals surface area contributed by atoms with Gasteiger partial charge in [-0.1, -0.05) is 29.8 Å². The maximum Gasteiger partial charge on any atom is 0.160 e. The van der Waals surface area contributed by atoms with E-state index in [9.17, 15) is 0 Å². The summed E-state index contributed by atoms with van der Waals surface area (Å²) in [6.45, 7) is 1.90. The smallest absolute Gasteiger partial charge is 0.160 e. The van der Waals surface area contributed by atoms with E-state index in [2.05, 4.69) is 15.2 Å². The molecule has 0 unspecified atom stereocenters. The number of fused-ring (bicyclic) bond motifs is 3. The van der Waals surface area contributed by atoms with Gasteiger partial charge >= 0.3 is 0 Å². The normalized spacial score (nSPS) is 11.1. The Labute approximate surface area is 97.1 Å². The maximum absolute atomic E-state index is 6.11. The summed E-state index contributed by atoms with van der Waals surface area (Å²) in [5.74, 6) is 0. The van der Waals surface area contributed by atoms with E-state index in [1.165, 1.54) is 0 Å². The van der Waals surface area contributed by atoms with Gasteiger partial charge in [-0.2, -0.15) is 5.10 Å². The lowest BCUT2D eigenvalue weighted by molar-refractivity contribution is 1.00. The molecule has 0 aliphatic carbocycles. The lowest BCUT2D eigenvalue weighted by Crippen LogP contribution is -1.92. The van der Waals surface area contributed by atoms with Crippen molar-refractivity contribution in [1.82, 2.24) is 15.2 Å². The first-order valence-electron chi connectivity index (χ1n) is 4.93. The van der Waals surface area contributed by atoms with E-state index in [1.807, 2.05) is 31.2 Å². The second-order valence-corrected chi connectivity index (χ2v) is 4.00. The van der Waals surface area contributed by atoms with Crippen molar-refractivity contribution in [3.05, 3.63) is 41.3 Å². The molecule has 0 N–H and O–H groups in total. The lowest BCUT2D eigenvalue weighted by atomic mass is 10.1. The molecule has 0 bridgehead atoms. The van der Waals surface area contributed by atoms with Crippen LogP contribution in [-0.4, -0.2) is 15.2 Å². The highest BCUT2D eigenvalue weighted by atomic mass is 35.5. The lowest BCUT2D eigenvalue weighted by Gasteiger charge is -2.05. The SMILES string of the molecule is Cc1nnc(Cl)c2c1cnc1ccccc12.